The Morgan fingerprint density at radius 2 is 1.87 bits per heavy atom. The average molecular weight is 329 g/mol. The summed E-state index contributed by atoms with van der Waals surface area (Å²) in [6.45, 7) is 5.66. The Balaban J connectivity index is 2.73. The van der Waals surface area contributed by atoms with E-state index in [1.165, 1.54) is 6.92 Å². The van der Waals surface area contributed by atoms with Gasteiger partial charge in [0.1, 0.15) is 12.1 Å². The molecule has 5 N–H and O–H groups in total. The number of carbonyl (C=O) groups excluding carboxylic acids is 2. The molecule has 0 spiro atoms. The van der Waals surface area contributed by atoms with Gasteiger partial charge in [-0.05, 0) is 32.2 Å². The summed E-state index contributed by atoms with van der Waals surface area (Å²) in [5.74, 6) is -2.46. The number of carbonyl (C=O) groups is 3. The summed E-state index contributed by atoms with van der Waals surface area (Å²) < 4.78 is 0. The van der Waals surface area contributed by atoms with Crippen molar-refractivity contribution in [3.63, 3.8) is 0 Å². The van der Waals surface area contributed by atoms with Crippen molar-refractivity contribution in [2.75, 3.05) is 6.54 Å². The highest BCUT2D eigenvalue weighted by Gasteiger charge is 2.33. The van der Waals surface area contributed by atoms with Crippen LogP contribution in [0.5, 0.6) is 0 Å². The van der Waals surface area contributed by atoms with E-state index in [4.69, 9.17) is 0 Å². The summed E-state index contributed by atoms with van der Waals surface area (Å²) in [5, 5.41) is 26.9. The molecular formula is C15H27N3O5. The van der Waals surface area contributed by atoms with Gasteiger partial charge in [-0.25, -0.2) is 4.79 Å². The van der Waals surface area contributed by atoms with Gasteiger partial charge in [-0.2, -0.15) is 0 Å². The first-order valence-corrected chi connectivity index (χ1v) is 8.02. The molecule has 0 radical (unpaired) electrons. The number of hydrogen-bond acceptors (Lipinski definition) is 5. The van der Waals surface area contributed by atoms with Crippen LogP contribution < -0.4 is 16.0 Å². The maximum Gasteiger partial charge on any atom is 0.326 e. The van der Waals surface area contributed by atoms with Crippen LogP contribution in [0.3, 0.4) is 0 Å². The van der Waals surface area contributed by atoms with Gasteiger partial charge in [-0.3, -0.25) is 9.59 Å². The molecular weight excluding hydrogens is 302 g/mol. The fourth-order valence-electron chi connectivity index (χ4n) is 2.49. The van der Waals surface area contributed by atoms with Gasteiger partial charge in [0.25, 0.3) is 0 Å². The minimum atomic E-state index is -1.18. The predicted molar refractivity (Wildman–Crippen MR) is 83.7 cm³/mol. The fourth-order valence-corrected chi connectivity index (χ4v) is 2.49. The van der Waals surface area contributed by atoms with Crippen LogP contribution >= 0.6 is 0 Å². The van der Waals surface area contributed by atoms with E-state index in [1.54, 1.807) is 6.92 Å². The van der Waals surface area contributed by atoms with E-state index in [9.17, 15) is 24.6 Å². The van der Waals surface area contributed by atoms with E-state index in [-0.39, 0.29) is 17.9 Å². The van der Waals surface area contributed by atoms with Crippen LogP contribution in [0.15, 0.2) is 0 Å². The molecule has 1 aliphatic rings. The molecule has 0 aliphatic carbocycles. The third-order valence-electron chi connectivity index (χ3n) is 4.22. The molecule has 23 heavy (non-hydrogen) atoms. The summed E-state index contributed by atoms with van der Waals surface area (Å²) in [7, 11) is 0. The van der Waals surface area contributed by atoms with E-state index in [0.717, 1.165) is 13.0 Å². The molecule has 1 fully saturated rings. The quantitative estimate of drug-likeness (QED) is 0.397. The third-order valence-corrected chi connectivity index (χ3v) is 4.22. The zero-order valence-electron chi connectivity index (χ0n) is 13.8. The molecule has 8 nitrogen and oxygen atoms in total. The summed E-state index contributed by atoms with van der Waals surface area (Å²) in [6, 6.07) is -2.63. The number of nitrogens with one attached hydrogen (secondary N) is 3. The maximum absolute atomic E-state index is 12.3. The van der Waals surface area contributed by atoms with Gasteiger partial charge >= 0.3 is 5.97 Å². The molecule has 0 bridgehead atoms. The second kappa shape index (κ2) is 8.83. The van der Waals surface area contributed by atoms with E-state index in [1.807, 2.05) is 6.92 Å². The molecule has 132 valence electrons. The molecule has 5 unspecified atom stereocenters. The lowest BCUT2D eigenvalue weighted by Gasteiger charge is -2.26. The molecule has 1 rings (SSSR count). The Labute approximate surface area is 136 Å². The van der Waals surface area contributed by atoms with Crippen molar-refractivity contribution < 1.29 is 24.6 Å². The number of amides is 2. The molecule has 0 saturated carbocycles. The van der Waals surface area contributed by atoms with Crippen LogP contribution in [-0.2, 0) is 14.4 Å². The minimum absolute atomic E-state index is 0.265. The van der Waals surface area contributed by atoms with E-state index in [2.05, 4.69) is 16.0 Å². The first-order chi connectivity index (χ1) is 10.8. The molecule has 0 aromatic heterocycles. The zero-order valence-corrected chi connectivity index (χ0v) is 13.8. The van der Waals surface area contributed by atoms with Crippen LogP contribution in [0.25, 0.3) is 0 Å². The largest absolute Gasteiger partial charge is 0.480 e. The van der Waals surface area contributed by atoms with Crippen LogP contribution in [-0.4, -0.2) is 58.8 Å². The molecule has 1 heterocycles. The molecule has 8 heteroatoms. The zero-order chi connectivity index (χ0) is 17.6. The Bertz CT molecular complexity index is 435. The third kappa shape index (κ3) is 5.47. The van der Waals surface area contributed by atoms with Gasteiger partial charge in [-0.15, -0.1) is 0 Å². The highest BCUT2D eigenvalue weighted by molar-refractivity contribution is 5.92. The molecule has 2 amide bonds. The maximum atomic E-state index is 12.3. The van der Waals surface area contributed by atoms with Gasteiger partial charge in [-0.1, -0.05) is 20.3 Å². The van der Waals surface area contributed by atoms with Gasteiger partial charge in [0.2, 0.25) is 11.8 Å². The van der Waals surface area contributed by atoms with Crippen LogP contribution in [0, 0.1) is 5.92 Å². The number of aliphatic carboxylic acids is 1. The predicted octanol–water partition coefficient (Wildman–Crippen LogP) is -0.780. The SMILES string of the molecule is CCC(C)C(NC(=O)C(NC(=O)C1CCCN1)C(C)O)C(=O)O. The molecule has 1 aliphatic heterocycles. The van der Waals surface area contributed by atoms with Crippen molar-refractivity contribution in [2.45, 2.75) is 64.3 Å². The standard InChI is InChI=1S/C15H27N3O5/c1-4-8(2)11(15(22)23)17-14(21)12(9(3)19)18-13(20)10-6-5-7-16-10/h8-12,16,19H,4-7H2,1-3H3,(H,17,21)(H,18,20)(H,22,23). The first-order valence-electron chi connectivity index (χ1n) is 8.02. The number of hydrogen-bond donors (Lipinski definition) is 5. The topological polar surface area (TPSA) is 128 Å². The van der Waals surface area contributed by atoms with Crippen molar-refractivity contribution >= 4 is 17.8 Å². The number of aliphatic hydroxyl groups is 1. The second-order valence-electron chi connectivity index (χ2n) is 6.09. The first kappa shape index (κ1) is 19.4. The molecule has 0 aromatic carbocycles. The Hall–Kier alpha value is -1.67. The summed E-state index contributed by atoms with van der Waals surface area (Å²) in [4.78, 5) is 35.7. The summed E-state index contributed by atoms with van der Waals surface area (Å²) in [5.41, 5.74) is 0. The van der Waals surface area contributed by atoms with Crippen molar-refractivity contribution in [3.8, 4) is 0 Å². The highest BCUT2D eigenvalue weighted by atomic mass is 16.4. The minimum Gasteiger partial charge on any atom is -0.480 e. The number of carboxylic acids is 1. The van der Waals surface area contributed by atoms with Gasteiger partial charge in [0.05, 0.1) is 12.1 Å². The number of aliphatic hydroxyl groups excluding tert-OH is 1. The molecule has 5 atom stereocenters. The molecule has 0 aromatic rings. The fraction of sp³-hybridized carbons (Fsp3) is 0.800. The van der Waals surface area contributed by atoms with Crippen molar-refractivity contribution in [3.05, 3.63) is 0 Å². The monoisotopic (exact) mass is 329 g/mol. The summed E-state index contributed by atoms with van der Waals surface area (Å²) >= 11 is 0. The Kier molecular flexibility index (Phi) is 7.44. The Morgan fingerprint density at radius 1 is 1.22 bits per heavy atom. The highest BCUT2D eigenvalue weighted by Crippen LogP contribution is 2.10. The van der Waals surface area contributed by atoms with Gasteiger partial charge in [0.15, 0.2) is 0 Å². The van der Waals surface area contributed by atoms with E-state index >= 15 is 0 Å². The van der Waals surface area contributed by atoms with Crippen LogP contribution in [0.1, 0.15) is 40.0 Å². The van der Waals surface area contributed by atoms with E-state index < -0.39 is 30.1 Å². The Morgan fingerprint density at radius 3 is 2.30 bits per heavy atom. The van der Waals surface area contributed by atoms with Crippen molar-refractivity contribution in [1.82, 2.24) is 16.0 Å². The summed E-state index contributed by atoms with van der Waals surface area (Å²) in [6.07, 6.45) is 0.991. The lowest BCUT2D eigenvalue weighted by Crippen LogP contribution is -2.58. The van der Waals surface area contributed by atoms with E-state index in [0.29, 0.717) is 12.8 Å². The second-order valence-corrected chi connectivity index (χ2v) is 6.09. The van der Waals surface area contributed by atoms with Crippen LogP contribution in [0.2, 0.25) is 0 Å². The van der Waals surface area contributed by atoms with Gasteiger partial charge < -0.3 is 26.2 Å². The lowest BCUT2D eigenvalue weighted by molar-refractivity contribution is -0.144. The van der Waals surface area contributed by atoms with Crippen LogP contribution in [0.4, 0.5) is 0 Å². The van der Waals surface area contributed by atoms with Gasteiger partial charge in [0, 0.05) is 0 Å². The average Bonchev–Trinajstić information content (AvgIpc) is 3.02. The number of carboxylic acid groups (broad SMARTS) is 1. The smallest absolute Gasteiger partial charge is 0.326 e. The van der Waals surface area contributed by atoms with Crippen molar-refractivity contribution in [1.29, 1.82) is 0 Å². The van der Waals surface area contributed by atoms with Crippen molar-refractivity contribution in [2.24, 2.45) is 5.92 Å². The normalized spacial score (nSPS) is 22.7. The number of rotatable bonds is 8. The molecule has 1 saturated heterocycles. The lowest BCUT2D eigenvalue weighted by atomic mass is 9.98.